The molecule has 1 aromatic heterocycles. The molecule has 0 fully saturated rings. The SMILES string of the molecule is CCOc1ccccc1C1C2=C(CCCC2=O)Nc2c1c(C)nn2-c1ccccc1. The van der Waals surface area contributed by atoms with Gasteiger partial charge in [0.05, 0.1) is 18.0 Å². The number of carbonyl (C=O) groups excluding carboxylic acids is 1. The van der Waals surface area contributed by atoms with E-state index in [1.54, 1.807) is 0 Å². The van der Waals surface area contributed by atoms with Gasteiger partial charge >= 0.3 is 0 Å². The molecule has 1 atom stereocenters. The molecule has 2 aliphatic rings. The van der Waals surface area contributed by atoms with Crippen LogP contribution in [-0.4, -0.2) is 22.2 Å². The van der Waals surface area contributed by atoms with Crippen molar-refractivity contribution in [1.29, 1.82) is 0 Å². The van der Waals surface area contributed by atoms with E-state index in [1.807, 2.05) is 67.1 Å². The molecule has 1 unspecified atom stereocenters. The molecule has 5 rings (SSSR count). The van der Waals surface area contributed by atoms with Gasteiger partial charge in [0.2, 0.25) is 0 Å². The molecule has 152 valence electrons. The molecule has 1 aliphatic heterocycles. The highest BCUT2D eigenvalue weighted by Gasteiger charge is 2.39. The maximum Gasteiger partial charge on any atom is 0.161 e. The highest BCUT2D eigenvalue weighted by Crippen LogP contribution is 2.49. The van der Waals surface area contributed by atoms with E-state index in [-0.39, 0.29) is 11.7 Å². The fraction of sp³-hybridized carbons (Fsp3) is 0.280. The third-order valence-corrected chi connectivity index (χ3v) is 5.94. The quantitative estimate of drug-likeness (QED) is 0.660. The predicted molar refractivity (Wildman–Crippen MR) is 117 cm³/mol. The average Bonchev–Trinajstić information content (AvgIpc) is 3.10. The van der Waals surface area contributed by atoms with Gasteiger partial charge < -0.3 is 10.1 Å². The van der Waals surface area contributed by atoms with E-state index in [0.29, 0.717) is 13.0 Å². The third kappa shape index (κ3) is 2.93. The maximum absolute atomic E-state index is 13.1. The zero-order valence-electron chi connectivity index (χ0n) is 17.3. The lowest BCUT2D eigenvalue weighted by Crippen LogP contribution is -2.27. The number of fused-ring (bicyclic) bond motifs is 1. The number of hydrogen-bond donors (Lipinski definition) is 1. The van der Waals surface area contributed by atoms with Crippen LogP contribution in [0, 0.1) is 6.92 Å². The van der Waals surface area contributed by atoms with Crippen molar-refractivity contribution in [2.24, 2.45) is 0 Å². The molecule has 30 heavy (non-hydrogen) atoms. The Morgan fingerprint density at radius 2 is 1.87 bits per heavy atom. The van der Waals surface area contributed by atoms with Crippen LogP contribution in [0.4, 0.5) is 5.82 Å². The van der Waals surface area contributed by atoms with Crippen molar-refractivity contribution < 1.29 is 9.53 Å². The highest BCUT2D eigenvalue weighted by atomic mass is 16.5. The number of hydrogen-bond acceptors (Lipinski definition) is 4. The number of aryl methyl sites for hydroxylation is 1. The summed E-state index contributed by atoms with van der Waals surface area (Å²) in [6, 6.07) is 18.2. The Labute approximate surface area is 176 Å². The van der Waals surface area contributed by atoms with Crippen LogP contribution in [0.3, 0.4) is 0 Å². The topological polar surface area (TPSA) is 56.1 Å². The molecule has 2 heterocycles. The van der Waals surface area contributed by atoms with Crippen molar-refractivity contribution in [3.8, 4) is 11.4 Å². The summed E-state index contributed by atoms with van der Waals surface area (Å²) >= 11 is 0. The molecule has 0 amide bonds. The van der Waals surface area contributed by atoms with Gasteiger partial charge in [0.15, 0.2) is 5.78 Å². The highest BCUT2D eigenvalue weighted by molar-refractivity contribution is 6.01. The number of rotatable bonds is 4. The molecule has 0 spiro atoms. The van der Waals surface area contributed by atoms with E-state index in [4.69, 9.17) is 9.84 Å². The van der Waals surface area contributed by atoms with Crippen molar-refractivity contribution in [3.63, 3.8) is 0 Å². The first-order valence-corrected chi connectivity index (χ1v) is 10.6. The summed E-state index contributed by atoms with van der Waals surface area (Å²) in [5.41, 5.74) is 5.89. The molecule has 3 aromatic rings. The first-order valence-electron chi connectivity index (χ1n) is 10.6. The molecule has 5 nitrogen and oxygen atoms in total. The number of allylic oxidation sites excluding steroid dienone is 2. The van der Waals surface area contributed by atoms with E-state index < -0.39 is 0 Å². The molecule has 5 heteroatoms. The number of para-hydroxylation sites is 2. The molecular formula is C25H25N3O2. The molecule has 2 aromatic carbocycles. The van der Waals surface area contributed by atoms with E-state index in [2.05, 4.69) is 11.4 Å². The number of aromatic nitrogens is 2. The second-order valence-corrected chi connectivity index (χ2v) is 7.79. The third-order valence-electron chi connectivity index (χ3n) is 5.94. The van der Waals surface area contributed by atoms with Crippen LogP contribution < -0.4 is 10.1 Å². The van der Waals surface area contributed by atoms with Gasteiger partial charge in [-0.2, -0.15) is 5.10 Å². The minimum Gasteiger partial charge on any atom is -0.494 e. The predicted octanol–water partition coefficient (Wildman–Crippen LogP) is 5.14. The van der Waals surface area contributed by atoms with Crippen LogP contribution in [0.1, 0.15) is 48.9 Å². The van der Waals surface area contributed by atoms with Crippen molar-refractivity contribution in [2.45, 2.75) is 39.0 Å². The molecule has 0 radical (unpaired) electrons. The second kappa shape index (κ2) is 7.48. The standard InChI is InChI=1S/C25H25N3O2/c1-3-30-21-15-8-7-12-18(21)23-22-16(2)27-28(17-10-5-4-6-11-17)25(22)26-19-13-9-14-20(29)24(19)23/h4-8,10-12,15,23,26H,3,9,13-14H2,1-2H3. The first-order chi connectivity index (χ1) is 14.7. The molecule has 1 aliphatic carbocycles. The second-order valence-electron chi connectivity index (χ2n) is 7.79. The van der Waals surface area contributed by atoms with Crippen molar-refractivity contribution in [3.05, 3.63) is 82.7 Å². The number of nitrogens with one attached hydrogen (secondary N) is 1. The maximum atomic E-state index is 13.1. The number of Topliss-reactive ketones (excluding diaryl/α,β-unsaturated/α-hetero) is 1. The summed E-state index contributed by atoms with van der Waals surface area (Å²) in [6.45, 7) is 4.59. The fourth-order valence-electron chi connectivity index (χ4n) is 4.69. The van der Waals surface area contributed by atoms with E-state index in [9.17, 15) is 4.79 Å². The molecule has 0 saturated carbocycles. The smallest absolute Gasteiger partial charge is 0.161 e. The average molecular weight is 399 g/mol. The van der Waals surface area contributed by atoms with Crippen molar-refractivity contribution >= 4 is 11.6 Å². The van der Waals surface area contributed by atoms with Gasteiger partial charge in [0.25, 0.3) is 0 Å². The zero-order chi connectivity index (χ0) is 20.7. The lowest BCUT2D eigenvalue weighted by atomic mass is 9.76. The normalized spacial score (nSPS) is 17.9. The summed E-state index contributed by atoms with van der Waals surface area (Å²) in [5, 5.41) is 8.46. The summed E-state index contributed by atoms with van der Waals surface area (Å²) in [6.07, 6.45) is 2.33. The Kier molecular flexibility index (Phi) is 4.66. The number of benzene rings is 2. The molecule has 0 saturated heterocycles. The van der Waals surface area contributed by atoms with Gasteiger partial charge in [-0.05, 0) is 44.9 Å². The molecular weight excluding hydrogens is 374 g/mol. The minimum atomic E-state index is -0.177. The zero-order valence-corrected chi connectivity index (χ0v) is 17.3. The van der Waals surface area contributed by atoms with Crippen LogP contribution in [0.25, 0.3) is 5.69 Å². The van der Waals surface area contributed by atoms with Gasteiger partial charge in [-0.15, -0.1) is 0 Å². The number of ether oxygens (including phenoxy) is 1. The first kappa shape index (κ1) is 18.7. The van der Waals surface area contributed by atoms with Crippen LogP contribution in [0.2, 0.25) is 0 Å². The Balaban J connectivity index is 1.77. The summed E-state index contributed by atoms with van der Waals surface area (Å²) < 4.78 is 7.93. The Bertz CT molecular complexity index is 1140. The van der Waals surface area contributed by atoms with Crippen LogP contribution in [-0.2, 0) is 4.79 Å². The number of ketones is 1. The largest absolute Gasteiger partial charge is 0.494 e. The summed E-state index contributed by atoms with van der Waals surface area (Å²) in [5.74, 6) is 1.82. The Morgan fingerprint density at radius 1 is 1.10 bits per heavy atom. The summed E-state index contributed by atoms with van der Waals surface area (Å²) in [7, 11) is 0. The van der Waals surface area contributed by atoms with Gasteiger partial charge in [0, 0.05) is 34.7 Å². The van der Waals surface area contributed by atoms with Crippen molar-refractivity contribution in [2.75, 3.05) is 11.9 Å². The van der Waals surface area contributed by atoms with Gasteiger partial charge in [-0.1, -0.05) is 36.4 Å². The van der Waals surface area contributed by atoms with Crippen molar-refractivity contribution in [1.82, 2.24) is 9.78 Å². The number of anilines is 1. The fourth-order valence-corrected chi connectivity index (χ4v) is 4.69. The van der Waals surface area contributed by atoms with Crippen LogP contribution >= 0.6 is 0 Å². The molecule has 0 bridgehead atoms. The van der Waals surface area contributed by atoms with Gasteiger partial charge in [-0.3, -0.25) is 4.79 Å². The summed E-state index contributed by atoms with van der Waals surface area (Å²) in [4.78, 5) is 13.1. The Morgan fingerprint density at radius 3 is 2.67 bits per heavy atom. The van der Waals surface area contributed by atoms with E-state index in [1.165, 1.54) is 0 Å². The van der Waals surface area contributed by atoms with Crippen LogP contribution in [0.5, 0.6) is 5.75 Å². The van der Waals surface area contributed by atoms with Gasteiger partial charge in [0.1, 0.15) is 11.6 Å². The Hall–Kier alpha value is -3.34. The minimum absolute atomic E-state index is 0.177. The van der Waals surface area contributed by atoms with Gasteiger partial charge in [-0.25, -0.2) is 4.68 Å². The van der Waals surface area contributed by atoms with E-state index in [0.717, 1.165) is 58.2 Å². The van der Waals surface area contributed by atoms with Crippen LogP contribution in [0.15, 0.2) is 65.9 Å². The number of carbonyl (C=O) groups is 1. The number of nitrogens with zero attached hydrogens (tertiary/aromatic N) is 2. The lowest BCUT2D eigenvalue weighted by molar-refractivity contribution is -0.116. The van der Waals surface area contributed by atoms with E-state index >= 15 is 0 Å². The lowest BCUT2D eigenvalue weighted by Gasteiger charge is -2.33. The monoisotopic (exact) mass is 399 g/mol. The molecule has 1 N–H and O–H groups in total.